The van der Waals surface area contributed by atoms with E-state index < -0.39 is 11.6 Å². The number of nitrogens with zero attached hydrogens (tertiary/aromatic N) is 1. The summed E-state index contributed by atoms with van der Waals surface area (Å²) in [6.45, 7) is 0.281. The quantitative estimate of drug-likeness (QED) is 0.757. The summed E-state index contributed by atoms with van der Waals surface area (Å²) in [5, 5.41) is 10.7. The average Bonchev–Trinajstić information content (AvgIpc) is 3.02. The monoisotopic (exact) mass is 355 g/mol. The molecule has 6 nitrogen and oxygen atoms in total. The smallest absolute Gasteiger partial charge is 0.338 e. The third-order valence-corrected chi connectivity index (χ3v) is 4.32. The molecular weight excluding hydrogens is 334 g/mol. The van der Waals surface area contributed by atoms with Crippen LogP contribution >= 0.6 is 11.6 Å². The number of halogens is 1. The first kappa shape index (κ1) is 18.5. The van der Waals surface area contributed by atoms with E-state index in [0.29, 0.717) is 36.8 Å². The number of aliphatic hydroxyl groups is 1. The molecule has 0 bridgehead atoms. The number of carbonyl (C=O) groups is 2. The predicted octanol–water partition coefficient (Wildman–Crippen LogP) is 2.03. The summed E-state index contributed by atoms with van der Waals surface area (Å²) in [7, 11) is 1.60. The molecule has 1 N–H and O–H groups in total. The minimum Gasteiger partial charge on any atom is -0.492 e. The van der Waals surface area contributed by atoms with Crippen molar-refractivity contribution in [3.05, 3.63) is 29.3 Å². The molecule has 2 rings (SSSR count). The van der Waals surface area contributed by atoms with Gasteiger partial charge in [-0.2, -0.15) is 0 Å². The van der Waals surface area contributed by atoms with Gasteiger partial charge in [-0.3, -0.25) is 4.79 Å². The first-order valence-corrected chi connectivity index (χ1v) is 8.30. The van der Waals surface area contributed by atoms with E-state index in [0.717, 1.165) is 12.8 Å². The molecule has 1 amide bonds. The van der Waals surface area contributed by atoms with Crippen LogP contribution in [-0.4, -0.2) is 54.3 Å². The van der Waals surface area contributed by atoms with Gasteiger partial charge in [-0.1, -0.05) is 11.6 Å². The molecule has 24 heavy (non-hydrogen) atoms. The molecule has 7 heteroatoms. The highest BCUT2D eigenvalue weighted by Gasteiger charge is 2.40. The molecule has 0 radical (unpaired) electrons. The minimum atomic E-state index is -1.42. The van der Waals surface area contributed by atoms with E-state index in [1.165, 1.54) is 4.90 Å². The second kappa shape index (κ2) is 8.35. The van der Waals surface area contributed by atoms with Gasteiger partial charge in [0.05, 0.1) is 6.54 Å². The lowest BCUT2D eigenvalue weighted by Gasteiger charge is -2.21. The molecule has 0 saturated heterocycles. The Labute approximate surface area is 146 Å². The number of carbonyl (C=O) groups excluding carboxylic acids is 2. The zero-order valence-corrected chi connectivity index (χ0v) is 14.4. The van der Waals surface area contributed by atoms with Crippen LogP contribution in [0.3, 0.4) is 0 Å². The Balaban J connectivity index is 1.68. The Morgan fingerprint density at radius 1 is 1.25 bits per heavy atom. The lowest BCUT2D eigenvalue weighted by molar-refractivity contribution is -0.168. The molecule has 0 atom stereocenters. The van der Waals surface area contributed by atoms with E-state index in [4.69, 9.17) is 21.1 Å². The number of hydrogen-bond donors (Lipinski definition) is 1. The molecule has 0 aromatic heterocycles. The van der Waals surface area contributed by atoms with Crippen LogP contribution in [0.5, 0.6) is 5.75 Å². The highest BCUT2D eigenvalue weighted by atomic mass is 35.5. The Morgan fingerprint density at radius 2 is 1.88 bits per heavy atom. The maximum Gasteiger partial charge on any atom is 0.338 e. The predicted molar refractivity (Wildman–Crippen MR) is 89.0 cm³/mol. The topological polar surface area (TPSA) is 76.1 Å². The van der Waals surface area contributed by atoms with Crippen LogP contribution in [0.1, 0.15) is 25.7 Å². The summed E-state index contributed by atoms with van der Waals surface area (Å²) in [5.41, 5.74) is -1.42. The first-order valence-electron chi connectivity index (χ1n) is 7.93. The lowest BCUT2D eigenvalue weighted by atomic mass is 10.0. The maximum absolute atomic E-state index is 11.9. The van der Waals surface area contributed by atoms with Gasteiger partial charge in [-0.05, 0) is 49.9 Å². The van der Waals surface area contributed by atoms with Gasteiger partial charge in [0.2, 0.25) is 0 Å². The number of rotatable bonds is 7. The van der Waals surface area contributed by atoms with Gasteiger partial charge in [0.25, 0.3) is 5.91 Å². The molecule has 0 heterocycles. The fourth-order valence-electron chi connectivity index (χ4n) is 2.49. The number of likely N-dealkylation sites (N-methyl/N-ethyl adjacent to an activating group) is 1. The van der Waals surface area contributed by atoms with Gasteiger partial charge >= 0.3 is 5.97 Å². The first-order chi connectivity index (χ1) is 11.4. The van der Waals surface area contributed by atoms with E-state index in [1.54, 1.807) is 31.3 Å². The van der Waals surface area contributed by atoms with E-state index >= 15 is 0 Å². The fourth-order valence-corrected chi connectivity index (χ4v) is 2.62. The molecule has 1 aliphatic carbocycles. The zero-order chi connectivity index (χ0) is 17.6. The van der Waals surface area contributed by atoms with Crippen LogP contribution in [0, 0.1) is 0 Å². The Bertz CT molecular complexity index is 569. The number of esters is 1. The van der Waals surface area contributed by atoms with Gasteiger partial charge in [0, 0.05) is 12.1 Å². The van der Waals surface area contributed by atoms with Crippen molar-refractivity contribution in [2.75, 3.05) is 26.8 Å². The average molecular weight is 356 g/mol. The number of amides is 1. The van der Waals surface area contributed by atoms with Crippen molar-refractivity contribution in [3.8, 4) is 5.75 Å². The van der Waals surface area contributed by atoms with Crippen LogP contribution < -0.4 is 4.74 Å². The van der Waals surface area contributed by atoms with Crippen molar-refractivity contribution in [1.82, 2.24) is 4.90 Å². The van der Waals surface area contributed by atoms with E-state index in [1.807, 2.05) is 0 Å². The summed E-state index contributed by atoms with van der Waals surface area (Å²) in [4.78, 5) is 25.2. The molecule has 1 aromatic rings. The Morgan fingerprint density at radius 3 is 2.50 bits per heavy atom. The van der Waals surface area contributed by atoms with Crippen molar-refractivity contribution >= 4 is 23.5 Å². The summed E-state index contributed by atoms with van der Waals surface area (Å²) >= 11 is 5.79. The Hall–Kier alpha value is -1.79. The van der Waals surface area contributed by atoms with Crippen LogP contribution in [-0.2, 0) is 14.3 Å². The Kier molecular flexibility index (Phi) is 6.45. The molecule has 132 valence electrons. The van der Waals surface area contributed by atoms with Gasteiger partial charge in [-0.25, -0.2) is 4.79 Å². The zero-order valence-electron chi connectivity index (χ0n) is 13.7. The van der Waals surface area contributed by atoms with E-state index in [-0.39, 0.29) is 12.5 Å². The van der Waals surface area contributed by atoms with Gasteiger partial charge < -0.3 is 19.5 Å². The van der Waals surface area contributed by atoms with Crippen molar-refractivity contribution in [1.29, 1.82) is 0 Å². The largest absolute Gasteiger partial charge is 0.492 e. The van der Waals surface area contributed by atoms with Gasteiger partial charge in [0.15, 0.2) is 12.2 Å². The van der Waals surface area contributed by atoms with Crippen LogP contribution in [0.25, 0.3) is 0 Å². The van der Waals surface area contributed by atoms with Crippen molar-refractivity contribution in [3.63, 3.8) is 0 Å². The second-order valence-corrected chi connectivity index (χ2v) is 6.37. The van der Waals surface area contributed by atoms with Gasteiger partial charge in [0.1, 0.15) is 12.4 Å². The molecule has 1 aliphatic rings. The molecule has 0 aliphatic heterocycles. The van der Waals surface area contributed by atoms with Crippen molar-refractivity contribution in [2.45, 2.75) is 31.3 Å². The SMILES string of the molecule is CN(CCOc1ccc(Cl)cc1)C(=O)COC(=O)C1(O)CCCC1. The van der Waals surface area contributed by atoms with E-state index in [2.05, 4.69) is 0 Å². The number of ether oxygens (including phenoxy) is 2. The fraction of sp³-hybridized carbons (Fsp3) is 0.529. The maximum atomic E-state index is 11.9. The molecule has 1 fully saturated rings. The third kappa shape index (κ3) is 5.11. The number of hydrogen-bond acceptors (Lipinski definition) is 5. The van der Waals surface area contributed by atoms with Crippen LogP contribution in [0.2, 0.25) is 5.02 Å². The second-order valence-electron chi connectivity index (χ2n) is 5.93. The van der Waals surface area contributed by atoms with Gasteiger partial charge in [-0.15, -0.1) is 0 Å². The molecular formula is C17H22ClNO5. The third-order valence-electron chi connectivity index (χ3n) is 4.07. The van der Waals surface area contributed by atoms with Crippen molar-refractivity contribution < 1.29 is 24.2 Å². The lowest BCUT2D eigenvalue weighted by Crippen LogP contribution is -2.40. The molecule has 1 aromatic carbocycles. The minimum absolute atomic E-state index is 0.307. The van der Waals surface area contributed by atoms with Crippen LogP contribution in [0.15, 0.2) is 24.3 Å². The summed E-state index contributed by atoms with van der Waals surface area (Å²) in [5.74, 6) is -0.390. The highest BCUT2D eigenvalue weighted by Crippen LogP contribution is 2.30. The standard InChI is InChI=1S/C17H22ClNO5/c1-19(10-11-23-14-6-4-13(18)5-7-14)15(20)12-24-16(21)17(22)8-2-3-9-17/h4-7,22H,2-3,8-12H2,1H3. The van der Waals surface area contributed by atoms with Crippen molar-refractivity contribution in [2.24, 2.45) is 0 Å². The molecule has 0 unspecified atom stereocenters. The summed E-state index contributed by atoms with van der Waals surface area (Å²) in [6.07, 6.45) is 2.37. The normalized spacial score (nSPS) is 15.8. The molecule has 1 saturated carbocycles. The number of benzene rings is 1. The highest BCUT2D eigenvalue weighted by molar-refractivity contribution is 6.30. The van der Waals surface area contributed by atoms with Crippen LogP contribution in [0.4, 0.5) is 0 Å². The molecule has 0 spiro atoms. The summed E-state index contributed by atoms with van der Waals surface area (Å²) in [6, 6.07) is 6.93. The summed E-state index contributed by atoms with van der Waals surface area (Å²) < 4.78 is 10.5. The van der Waals surface area contributed by atoms with E-state index in [9.17, 15) is 14.7 Å².